The van der Waals surface area contributed by atoms with Crippen molar-refractivity contribution in [2.45, 2.75) is 25.8 Å². The molecule has 0 atom stereocenters. The highest BCUT2D eigenvalue weighted by Crippen LogP contribution is 2.12. The number of aromatic amines is 1. The van der Waals surface area contributed by atoms with Gasteiger partial charge >= 0.3 is 0 Å². The first-order chi connectivity index (χ1) is 6.34. The average molecular weight is 181 g/mol. The minimum absolute atomic E-state index is 0.159. The van der Waals surface area contributed by atoms with Gasteiger partial charge in [-0.3, -0.25) is 4.90 Å². The zero-order chi connectivity index (χ0) is 9.10. The molecule has 0 aromatic carbocycles. The number of H-pyrrole nitrogens is 1. The van der Waals surface area contributed by atoms with Crippen LogP contribution in [0.1, 0.15) is 25.1 Å². The van der Waals surface area contributed by atoms with Crippen molar-refractivity contribution < 1.29 is 5.11 Å². The van der Waals surface area contributed by atoms with Gasteiger partial charge in [-0.2, -0.15) is 0 Å². The number of nitrogens with zero attached hydrogens (tertiary/aromatic N) is 2. The fourth-order valence-electron chi connectivity index (χ4n) is 1.76. The van der Waals surface area contributed by atoms with Crippen LogP contribution in [0.3, 0.4) is 0 Å². The van der Waals surface area contributed by atoms with E-state index in [9.17, 15) is 0 Å². The molecule has 2 heterocycles. The molecule has 1 aliphatic rings. The van der Waals surface area contributed by atoms with Crippen molar-refractivity contribution in [2.75, 3.05) is 13.1 Å². The maximum absolute atomic E-state index is 9.05. The summed E-state index contributed by atoms with van der Waals surface area (Å²) in [5.74, 6) is 1.02. The summed E-state index contributed by atoms with van der Waals surface area (Å²) in [5, 5.41) is 9.05. The number of likely N-dealkylation sites (tertiary alicyclic amines) is 1. The minimum Gasteiger partial charge on any atom is -0.493 e. The van der Waals surface area contributed by atoms with Gasteiger partial charge in [0.15, 0.2) is 0 Å². The predicted octanol–water partition coefficient (Wildman–Crippen LogP) is 1.10. The second-order valence-corrected chi connectivity index (χ2v) is 3.55. The molecule has 4 heteroatoms. The van der Waals surface area contributed by atoms with E-state index in [1.54, 1.807) is 0 Å². The normalized spacial score (nSPS) is 19.1. The lowest BCUT2D eigenvalue weighted by Gasteiger charge is -2.25. The molecule has 1 saturated heterocycles. The Hall–Kier alpha value is -1.03. The van der Waals surface area contributed by atoms with Crippen molar-refractivity contribution in [1.29, 1.82) is 0 Å². The molecule has 0 unspecified atom stereocenters. The van der Waals surface area contributed by atoms with Crippen LogP contribution in [0.15, 0.2) is 6.20 Å². The van der Waals surface area contributed by atoms with E-state index in [4.69, 9.17) is 5.11 Å². The molecule has 2 rings (SSSR count). The van der Waals surface area contributed by atoms with Gasteiger partial charge in [-0.25, -0.2) is 4.98 Å². The molecule has 2 N–H and O–H groups in total. The van der Waals surface area contributed by atoms with Gasteiger partial charge in [0.1, 0.15) is 5.82 Å². The van der Waals surface area contributed by atoms with Gasteiger partial charge in [0, 0.05) is 0 Å². The Bertz CT molecular complexity index is 266. The summed E-state index contributed by atoms with van der Waals surface area (Å²) in [6.07, 6.45) is 5.37. The number of aromatic hydroxyl groups is 1. The van der Waals surface area contributed by atoms with Gasteiger partial charge < -0.3 is 10.1 Å². The summed E-state index contributed by atoms with van der Waals surface area (Å²) in [7, 11) is 0. The maximum atomic E-state index is 9.05. The lowest BCUT2D eigenvalue weighted by molar-refractivity contribution is 0.216. The van der Waals surface area contributed by atoms with Crippen LogP contribution in [0.25, 0.3) is 0 Å². The summed E-state index contributed by atoms with van der Waals surface area (Å²) in [6, 6.07) is 0. The Balaban J connectivity index is 1.89. The minimum atomic E-state index is 0.159. The molecule has 72 valence electrons. The van der Waals surface area contributed by atoms with Crippen molar-refractivity contribution >= 4 is 0 Å². The largest absolute Gasteiger partial charge is 0.493 e. The van der Waals surface area contributed by atoms with E-state index in [0.717, 1.165) is 25.5 Å². The first-order valence-electron chi connectivity index (χ1n) is 4.80. The Labute approximate surface area is 77.6 Å². The first kappa shape index (κ1) is 8.56. The van der Waals surface area contributed by atoms with Gasteiger partial charge in [0.25, 0.3) is 0 Å². The van der Waals surface area contributed by atoms with Crippen LogP contribution in [-0.2, 0) is 6.54 Å². The fourth-order valence-corrected chi connectivity index (χ4v) is 1.76. The highest BCUT2D eigenvalue weighted by molar-refractivity contribution is 5.04. The van der Waals surface area contributed by atoms with E-state index in [1.165, 1.54) is 25.5 Å². The zero-order valence-corrected chi connectivity index (χ0v) is 7.66. The number of aromatic nitrogens is 2. The first-order valence-corrected chi connectivity index (χ1v) is 4.80. The summed E-state index contributed by atoms with van der Waals surface area (Å²) in [5.41, 5.74) is 0. The number of hydrogen-bond acceptors (Lipinski definition) is 3. The molecule has 1 aliphatic heterocycles. The van der Waals surface area contributed by atoms with Gasteiger partial charge in [-0.1, -0.05) is 6.42 Å². The molecule has 0 saturated carbocycles. The standard InChI is InChI=1S/C9H15N3O/c13-9-6-10-8(11-9)7-12-4-2-1-3-5-12/h6,13H,1-5,7H2,(H,10,11). The summed E-state index contributed by atoms with van der Waals surface area (Å²) in [6.45, 7) is 3.14. The molecule has 0 spiro atoms. The Morgan fingerprint density at radius 1 is 1.38 bits per heavy atom. The van der Waals surface area contributed by atoms with Crippen LogP contribution in [0.2, 0.25) is 0 Å². The fraction of sp³-hybridized carbons (Fsp3) is 0.667. The third-order valence-corrected chi connectivity index (χ3v) is 2.44. The van der Waals surface area contributed by atoms with E-state index < -0.39 is 0 Å². The van der Waals surface area contributed by atoms with Gasteiger partial charge in [-0.15, -0.1) is 0 Å². The molecule has 0 amide bonds. The number of piperidine rings is 1. The van der Waals surface area contributed by atoms with Gasteiger partial charge in [0.2, 0.25) is 5.88 Å². The predicted molar refractivity (Wildman–Crippen MR) is 49.4 cm³/mol. The monoisotopic (exact) mass is 181 g/mol. The third kappa shape index (κ3) is 2.21. The van der Waals surface area contributed by atoms with Gasteiger partial charge in [0.05, 0.1) is 12.7 Å². The van der Waals surface area contributed by atoms with Crippen LogP contribution in [0, 0.1) is 0 Å². The average Bonchev–Trinajstić information content (AvgIpc) is 2.53. The SMILES string of the molecule is Oc1cnc(CN2CCCCC2)[nH]1. The summed E-state index contributed by atoms with van der Waals surface area (Å²) >= 11 is 0. The van der Waals surface area contributed by atoms with Crippen molar-refractivity contribution in [3.8, 4) is 5.88 Å². The molecule has 1 aromatic heterocycles. The van der Waals surface area contributed by atoms with E-state index >= 15 is 0 Å². The van der Waals surface area contributed by atoms with Crippen molar-refractivity contribution in [1.82, 2.24) is 14.9 Å². The maximum Gasteiger partial charge on any atom is 0.208 e. The van der Waals surface area contributed by atoms with Gasteiger partial charge in [-0.05, 0) is 25.9 Å². The van der Waals surface area contributed by atoms with Crippen LogP contribution >= 0.6 is 0 Å². The molecule has 0 aliphatic carbocycles. The van der Waals surface area contributed by atoms with Crippen LogP contribution in [-0.4, -0.2) is 33.1 Å². The molecule has 1 aromatic rings. The number of nitrogens with one attached hydrogen (secondary N) is 1. The van der Waals surface area contributed by atoms with Crippen molar-refractivity contribution in [2.24, 2.45) is 0 Å². The van der Waals surface area contributed by atoms with Crippen molar-refractivity contribution in [3.05, 3.63) is 12.0 Å². The Morgan fingerprint density at radius 3 is 2.77 bits per heavy atom. The smallest absolute Gasteiger partial charge is 0.208 e. The third-order valence-electron chi connectivity index (χ3n) is 2.44. The topological polar surface area (TPSA) is 52.2 Å². The molecule has 13 heavy (non-hydrogen) atoms. The molecular weight excluding hydrogens is 166 g/mol. The second-order valence-electron chi connectivity index (χ2n) is 3.55. The highest BCUT2D eigenvalue weighted by atomic mass is 16.3. The Kier molecular flexibility index (Phi) is 2.49. The molecule has 0 radical (unpaired) electrons. The second kappa shape index (κ2) is 3.79. The van der Waals surface area contributed by atoms with Crippen LogP contribution in [0.5, 0.6) is 5.88 Å². The van der Waals surface area contributed by atoms with E-state index in [1.807, 2.05) is 0 Å². The van der Waals surface area contributed by atoms with Crippen LogP contribution < -0.4 is 0 Å². The molecule has 0 bridgehead atoms. The van der Waals surface area contributed by atoms with E-state index in [2.05, 4.69) is 14.9 Å². The highest BCUT2D eigenvalue weighted by Gasteiger charge is 2.11. The molecular formula is C9H15N3O. The van der Waals surface area contributed by atoms with E-state index in [0.29, 0.717) is 0 Å². The molecule has 1 fully saturated rings. The number of rotatable bonds is 2. The number of hydrogen-bond donors (Lipinski definition) is 2. The van der Waals surface area contributed by atoms with Crippen molar-refractivity contribution in [3.63, 3.8) is 0 Å². The molecule has 4 nitrogen and oxygen atoms in total. The lowest BCUT2D eigenvalue weighted by Crippen LogP contribution is -2.29. The summed E-state index contributed by atoms with van der Waals surface area (Å²) < 4.78 is 0. The Morgan fingerprint density at radius 2 is 2.15 bits per heavy atom. The number of imidazole rings is 1. The lowest BCUT2D eigenvalue weighted by atomic mass is 10.1. The zero-order valence-electron chi connectivity index (χ0n) is 7.66. The summed E-state index contributed by atoms with van der Waals surface area (Å²) in [4.78, 5) is 9.25. The van der Waals surface area contributed by atoms with E-state index in [-0.39, 0.29) is 5.88 Å². The quantitative estimate of drug-likeness (QED) is 0.718. The van der Waals surface area contributed by atoms with Crippen LogP contribution in [0.4, 0.5) is 0 Å².